The molecule has 0 bridgehead atoms. The summed E-state index contributed by atoms with van der Waals surface area (Å²) in [6, 6.07) is 16.7. The Kier molecular flexibility index (Phi) is 7.15. The van der Waals surface area contributed by atoms with Gasteiger partial charge in [0.05, 0.1) is 7.11 Å². The highest BCUT2D eigenvalue weighted by Crippen LogP contribution is 2.29. The molecule has 0 aromatic heterocycles. The molecule has 0 saturated carbocycles. The summed E-state index contributed by atoms with van der Waals surface area (Å²) in [6.45, 7) is 2.71. The monoisotopic (exact) mass is 344 g/mol. The molecule has 2 atom stereocenters. The predicted octanol–water partition coefficient (Wildman–Crippen LogP) is 3.24. The van der Waals surface area contributed by atoms with Crippen LogP contribution in [0.15, 0.2) is 59.5 Å². The molecule has 0 spiro atoms. The molecule has 4 nitrogen and oxygen atoms in total. The van der Waals surface area contributed by atoms with Crippen molar-refractivity contribution >= 4 is 17.7 Å². The van der Waals surface area contributed by atoms with E-state index in [-0.39, 0.29) is 5.91 Å². The van der Waals surface area contributed by atoms with Gasteiger partial charge in [-0.25, -0.2) is 0 Å². The Morgan fingerprint density at radius 3 is 2.54 bits per heavy atom. The van der Waals surface area contributed by atoms with Crippen LogP contribution in [-0.4, -0.2) is 25.3 Å². The van der Waals surface area contributed by atoms with E-state index in [1.165, 1.54) is 0 Å². The molecule has 0 aliphatic heterocycles. The average molecular weight is 344 g/mol. The third kappa shape index (κ3) is 5.28. The molecular formula is C19H24N2O2S. The molecule has 2 aromatic carbocycles. The Morgan fingerprint density at radius 2 is 1.83 bits per heavy atom. The van der Waals surface area contributed by atoms with Gasteiger partial charge in [-0.1, -0.05) is 49.4 Å². The van der Waals surface area contributed by atoms with Gasteiger partial charge in [0.2, 0.25) is 5.91 Å². The number of para-hydroxylation sites is 1. The number of benzene rings is 2. The Balaban J connectivity index is 1.78. The van der Waals surface area contributed by atoms with Crippen molar-refractivity contribution < 1.29 is 9.53 Å². The van der Waals surface area contributed by atoms with Crippen molar-refractivity contribution in [2.24, 2.45) is 11.7 Å². The second-order valence-electron chi connectivity index (χ2n) is 5.70. The first kappa shape index (κ1) is 18.4. The maximum Gasteiger partial charge on any atom is 0.241 e. The van der Waals surface area contributed by atoms with E-state index in [1.54, 1.807) is 18.9 Å². The van der Waals surface area contributed by atoms with Crippen LogP contribution in [0, 0.1) is 5.92 Å². The summed E-state index contributed by atoms with van der Waals surface area (Å²) in [6.07, 6.45) is 0. The van der Waals surface area contributed by atoms with Crippen molar-refractivity contribution in [2.75, 3.05) is 19.4 Å². The number of amides is 1. The first-order valence-corrected chi connectivity index (χ1v) is 8.94. The van der Waals surface area contributed by atoms with Crippen molar-refractivity contribution in [1.82, 2.24) is 5.32 Å². The molecule has 1 amide bonds. The fourth-order valence-electron chi connectivity index (χ4n) is 2.23. The summed E-state index contributed by atoms with van der Waals surface area (Å²) in [5, 5.41) is 2.94. The number of carbonyl (C=O) groups is 1. The zero-order valence-corrected chi connectivity index (χ0v) is 14.9. The first-order valence-electron chi connectivity index (χ1n) is 7.96. The first-order chi connectivity index (χ1) is 11.6. The van der Waals surface area contributed by atoms with E-state index < -0.39 is 6.04 Å². The Hall–Kier alpha value is -1.98. The largest absolute Gasteiger partial charge is 0.496 e. The van der Waals surface area contributed by atoms with Crippen molar-refractivity contribution in [2.45, 2.75) is 17.9 Å². The number of hydrogen-bond donors (Lipinski definition) is 2. The summed E-state index contributed by atoms with van der Waals surface area (Å²) in [7, 11) is 1.67. The topological polar surface area (TPSA) is 64.3 Å². The van der Waals surface area contributed by atoms with Crippen LogP contribution in [0.3, 0.4) is 0 Å². The van der Waals surface area contributed by atoms with E-state index in [0.29, 0.717) is 12.5 Å². The SMILES string of the molecule is COc1ccccc1SCC(C)CNC(=O)C(N)c1ccccc1. The van der Waals surface area contributed by atoms with Crippen LogP contribution < -0.4 is 15.8 Å². The highest BCUT2D eigenvalue weighted by atomic mass is 32.2. The van der Waals surface area contributed by atoms with Crippen molar-refractivity contribution in [3.8, 4) is 5.75 Å². The maximum absolute atomic E-state index is 12.2. The quantitative estimate of drug-likeness (QED) is 0.722. The minimum atomic E-state index is -0.625. The highest BCUT2D eigenvalue weighted by molar-refractivity contribution is 7.99. The van der Waals surface area contributed by atoms with Gasteiger partial charge in [-0.3, -0.25) is 4.79 Å². The number of nitrogens with two attached hydrogens (primary N) is 1. The number of hydrogen-bond acceptors (Lipinski definition) is 4. The lowest BCUT2D eigenvalue weighted by molar-refractivity contribution is -0.122. The minimum absolute atomic E-state index is 0.143. The highest BCUT2D eigenvalue weighted by Gasteiger charge is 2.16. The van der Waals surface area contributed by atoms with Crippen LogP contribution in [-0.2, 0) is 4.79 Å². The number of thioether (sulfide) groups is 1. The van der Waals surface area contributed by atoms with E-state index in [4.69, 9.17) is 10.5 Å². The van der Waals surface area contributed by atoms with Gasteiger partial charge in [0.1, 0.15) is 11.8 Å². The second kappa shape index (κ2) is 9.35. The molecule has 5 heteroatoms. The van der Waals surface area contributed by atoms with E-state index in [9.17, 15) is 4.79 Å². The summed E-state index contributed by atoms with van der Waals surface area (Å²) in [4.78, 5) is 13.3. The van der Waals surface area contributed by atoms with Crippen LogP contribution in [0.25, 0.3) is 0 Å². The molecule has 24 heavy (non-hydrogen) atoms. The Morgan fingerprint density at radius 1 is 1.17 bits per heavy atom. The molecule has 0 fully saturated rings. The molecule has 2 unspecified atom stereocenters. The fraction of sp³-hybridized carbons (Fsp3) is 0.316. The lowest BCUT2D eigenvalue weighted by Crippen LogP contribution is -2.36. The third-order valence-electron chi connectivity index (χ3n) is 3.66. The van der Waals surface area contributed by atoms with Crippen LogP contribution in [0.2, 0.25) is 0 Å². The molecule has 2 rings (SSSR count). The molecular weight excluding hydrogens is 320 g/mol. The molecule has 0 aliphatic rings. The van der Waals surface area contributed by atoms with Crippen LogP contribution >= 0.6 is 11.8 Å². The zero-order valence-electron chi connectivity index (χ0n) is 14.1. The van der Waals surface area contributed by atoms with Gasteiger partial charge in [-0.15, -0.1) is 11.8 Å². The number of carbonyl (C=O) groups excluding carboxylic acids is 1. The summed E-state index contributed by atoms with van der Waals surface area (Å²) < 4.78 is 5.35. The molecule has 2 aromatic rings. The smallest absolute Gasteiger partial charge is 0.241 e. The van der Waals surface area contributed by atoms with Crippen LogP contribution in [0.1, 0.15) is 18.5 Å². The Bertz CT molecular complexity index is 649. The normalized spacial score (nSPS) is 13.1. The maximum atomic E-state index is 12.2. The van der Waals surface area contributed by atoms with Gasteiger partial charge >= 0.3 is 0 Å². The van der Waals surface area contributed by atoms with E-state index in [2.05, 4.69) is 12.2 Å². The summed E-state index contributed by atoms with van der Waals surface area (Å²) >= 11 is 1.73. The van der Waals surface area contributed by atoms with Gasteiger partial charge in [0.15, 0.2) is 0 Å². The van der Waals surface area contributed by atoms with Gasteiger partial charge in [0, 0.05) is 17.2 Å². The lowest BCUT2D eigenvalue weighted by Gasteiger charge is -2.16. The van der Waals surface area contributed by atoms with Crippen molar-refractivity contribution in [3.63, 3.8) is 0 Å². The average Bonchev–Trinajstić information content (AvgIpc) is 2.64. The predicted molar refractivity (Wildman–Crippen MR) is 99.3 cm³/mol. The molecule has 0 heterocycles. The molecule has 0 aliphatic carbocycles. The van der Waals surface area contributed by atoms with Crippen molar-refractivity contribution in [1.29, 1.82) is 0 Å². The van der Waals surface area contributed by atoms with Crippen LogP contribution in [0.5, 0.6) is 5.75 Å². The van der Waals surface area contributed by atoms with E-state index in [1.807, 2.05) is 54.6 Å². The third-order valence-corrected chi connectivity index (χ3v) is 5.04. The van der Waals surface area contributed by atoms with Crippen LogP contribution in [0.4, 0.5) is 0 Å². The van der Waals surface area contributed by atoms with Gasteiger partial charge < -0.3 is 15.8 Å². The standard InChI is InChI=1S/C19H24N2O2S/c1-14(13-24-17-11-7-6-10-16(17)23-2)12-21-19(22)18(20)15-8-4-3-5-9-15/h3-11,14,18H,12-13,20H2,1-2H3,(H,21,22). The van der Waals surface area contributed by atoms with Gasteiger partial charge in [-0.2, -0.15) is 0 Å². The number of nitrogens with one attached hydrogen (secondary N) is 1. The van der Waals surface area contributed by atoms with E-state index in [0.717, 1.165) is 22.0 Å². The lowest BCUT2D eigenvalue weighted by atomic mass is 10.1. The van der Waals surface area contributed by atoms with Gasteiger partial charge in [-0.05, 0) is 23.6 Å². The zero-order chi connectivity index (χ0) is 17.4. The Labute approximate surface area is 147 Å². The van der Waals surface area contributed by atoms with Gasteiger partial charge in [0.25, 0.3) is 0 Å². The minimum Gasteiger partial charge on any atom is -0.496 e. The molecule has 3 N–H and O–H groups in total. The molecule has 0 radical (unpaired) electrons. The summed E-state index contributed by atoms with van der Waals surface area (Å²) in [5.41, 5.74) is 6.82. The van der Waals surface area contributed by atoms with Crippen molar-refractivity contribution in [3.05, 3.63) is 60.2 Å². The molecule has 128 valence electrons. The molecule has 0 saturated heterocycles. The number of ether oxygens (including phenoxy) is 1. The second-order valence-corrected chi connectivity index (χ2v) is 6.76. The summed E-state index contributed by atoms with van der Waals surface area (Å²) in [5.74, 6) is 1.95. The fourth-order valence-corrected chi connectivity index (χ4v) is 3.28. The number of rotatable bonds is 8. The number of methoxy groups -OCH3 is 1. The van der Waals surface area contributed by atoms with E-state index >= 15 is 0 Å².